The van der Waals surface area contributed by atoms with Gasteiger partial charge in [-0.2, -0.15) is 0 Å². The molecule has 1 N–H and O–H groups in total. The molecule has 1 aromatic carbocycles. The number of benzene rings is 1. The molecule has 7 nitrogen and oxygen atoms in total. The average molecular weight is 511 g/mol. The van der Waals surface area contributed by atoms with Crippen LogP contribution in [-0.2, 0) is 34.8 Å². The van der Waals surface area contributed by atoms with Crippen LogP contribution in [0.2, 0.25) is 18.1 Å². The van der Waals surface area contributed by atoms with E-state index < -0.39 is 44.3 Å². The standard InChI is InChI=1S/C27H46O7Si/c1-18(16-30-7)22-19(2)23(34-35(9,10)26(4,5)6)24(31-8)27(29,33-22)20(3)25(28)32-17-21-14-12-11-13-15-21/h11-15,18-20,22-24,29H,16-17H2,1-10H3/t18-,19+,20-,22-,23-,24+,27+/m0/s1. The highest BCUT2D eigenvalue weighted by atomic mass is 28.4. The molecule has 1 saturated heterocycles. The van der Waals surface area contributed by atoms with Crippen molar-refractivity contribution in [1.82, 2.24) is 0 Å². The van der Waals surface area contributed by atoms with Crippen molar-refractivity contribution < 1.29 is 33.3 Å². The van der Waals surface area contributed by atoms with E-state index in [1.807, 2.05) is 37.3 Å². The van der Waals surface area contributed by atoms with E-state index in [0.29, 0.717) is 6.61 Å². The molecule has 0 spiro atoms. The van der Waals surface area contributed by atoms with E-state index in [1.165, 1.54) is 7.11 Å². The molecule has 0 saturated carbocycles. The van der Waals surface area contributed by atoms with Gasteiger partial charge >= 0.3 is 5.97 Å². The summed E-state index contributed by atoms with van der Waals surface area (Å²) in [5.41, 5.74) is 0.868. The fraction of sp³-hybridized carbons (Fsp3) is 0.741. The first kappa shape index (κ1) is 29.9. The number of aliphatic hydroxyl groups is 1. The number of methoxy groups -OCH3 is 2. The summed E-state index contributed by atoms with van der Waals surface area (Å²) >= 11 is 0. The van der Waals surface area contributed by atoms with Gasteiger partial charge in [0.15, 0.2) is 8.32 Å². The fourth-order valence-electron chi connectivity index (χ4n) is 4.44. The molecule has 1 fully saturated rings. The topological polar surface area (TPSA) is 83.5 Å². The van der Waals surface area contributed by atoms with Crippen LogP contribution < -0.4 is 0 Å². The van der Waals surface area contributed by atoms with Crippen molar-refractivity contribution in [1.29, 1.82) is 0 Å². The average Bonchev–Trinajstić information content (AvgIpc) is 2.79. The van der Waals surface area contributed by atoms with E-state index >= 15 is 0 Å². The zero-order valence-electron chi connectivity index (χ0n) is 23.2. The first-order chi connectivity index (χ1) is 16.2. The summed E-state index contributed by atoms with van der Waals surface area (Å²) in [6.45, 7) is 17.1. The molecule has 1 aliphatic rings. The van der Waals surface area contributed by atoms with Gasteiger partial charge in [0, 0.05) is 26.1 Å². The predicted molar refractivity (Wildman–Crippen MR) is 138 cm³/mol. The highest BCUT2D eigenvalue weighted by Crippen LogP contribution is 2.46. The molecule has 35 heavy (non-hydrogen) atoms. The minimum Gasteiger partial charge on any atom is -0.460 e. The second-order valence-electron chi connectivity index (χ2n) is 11.4. The third-order valence-corrected chi connectivity index (χ3v) is 12.2. The lowest BCUT2D eigenvalue weighted by molar-refractivity contribution is -0.361. The maximum atomic E-state index is 13.1. The number of esters is 1. The molecule has 2 rings (SSSR count). The Labute approximate surface area is 212 Å². The summed E-state index contributed by atoms with van der Waals surface area (Å²) < 4.78 is 30.0. The molecule has 200 valence electrons. The van der Waals surface area contributed by atoms with Crippen molar-refractivity contribution in [2.45, 2.75) is 90.4 Å². The smallest absolute Gasteiger partial charge is 0.314 e. The van der Waals surface area contributed by atoms with E-state index in [0.717, 1.165) is 5.56 Å². The predicted octanol–water partition coefficient (Wildman–Crippen LogP) is 4.78. The SMILES string of the molecule is COC[C@H](C)[C@@H]1O[C@](O)([C@@H](C)C(=O)OCc2ccccc2)[C@H](OC)[C@@H](O[Si](C)(C)C(C)(C)C)[C@@H]1C. The Morgan fingerprint density at radius 2 is 1.77 bits per heavy atom. The second kappa shape index (κ2) is 11.8. The molecule has 0 aliphatic carbocycles. The van der Waals surface area contributed by atoms with Gasteiger partial charge in [0.05, 0.1) is 18.8 Å². The van der Waals surface area contributed by atoms with Crippen molar-refractivity contribution in [3.8, 4) is 0 Å². The van der Waals surface area contributed by atoms with E-state index in [1.54, 1.807) is 14.0 Å². The molecule has 1 aromatic rings. The van der Waals surface area contributed by atoms with Crippen molar-refractivity contribution in [3.05, 3.63) is 35.9 Å². The minimum absolute atomic E-state index is 0.0441. The maximum Gasteiger partial charge on any atom is 0.314 e. The van der Waals surface area contributed by atoms with Crippen LogP contribution in [0.15, 0.2) is 30.3 Å². The molecular formula is C27H46O7Si. The number of ether oxygens (including phenoxy) is 4. The van der Waals surface area contributed by atoms with E-state index in [-0.39, 0.29) is 23.5 Å². The molecule has 1 heterocycles. The maximum absolute atomic E-state index is 13.1. The van der Waals surface area contributed by atoms with Crippen LogP contribution in [-0.4, -0.2) is 64.3 Å². The Hall–Kier alpha value is -1.29. The number of hydrogen-bond donors (Lipinski definition) is 1. The van der Waals surface area contributed by atoms with Crippen LogP contribution in [0, 0.1) is 17.8 Å². The third-order valence-electron chi connectivity index (χ3n) is 7.75. The van der Waals surface area contributed by atoms with Crippen LogP contribution in [0.25, 0.3) is 0 Å². The normalized spacial score (nSPS) is 29.5. The Balaban J connectivity index is 2.40. The van der Waals surface area contributed by atoms with Crippen molar-refractivity contribution in [2.24, 2.45) is 17.8 Å². The number of rotatable bonds is 10. The Bertz CT molecular complexity index is 809. The number of carbonyl (C=O) groups excluding carboxylic acids is 1. The third kappa shape index (κ3) is 6.73. The van der Waals surface area contributed by atoms with E-state index in [2.05, 4.69) is 40.8 Å². The van der Waals surface area contributed by atoms with Crippen LogP contribution >= 0.6 is 0 Å². The molecule has 0 aromatic heterocycles. The summed E-state index contributed by atoms with van der Waals surface area (Å²) in [6.07, 6.45) is -1.77. The molecular weight excluding hydrogens is 464 g/mol. The van der Waals surface area contributed by atoms with Gasteiger partial charge in [-0.15, -0.1) is 0 Å². The molecule has 0 bridgehead atoms. The Morgan fingerprint density at radius 1 is 1.17 bits per heavy atom. The summed E-state index contributed by atoms with van der Waals surface area (Å²) in [4.78, 5) is 13.1. The van der Waals surface area contributed by atoms with Crippen molar-refractivity contribution in [2.75, 3.05) is 20.8 Å². The minimum atomic E-state index is -2.25. The molecule has 8 heteroatoms. The lowest BCUT2D eigenvalue weighted by Gasteiger charge is -2.54. The Morgan fingerprint density at radius 3 is 2.29 bits per heavy atom. The van der Waals surface area contributed by atoms with Gasteiger partial charge < -0.3 is 28.5 Å². The zero-order valence-corrected chi connectivity index (χ0v) is 24.2. The summed E-state index contributed by atoms with van der Waals surface area (Å²) in [7, 11) is 0.910. The first-order valence-electron chi connectivity index (χ1n) is 12.5. The zero-order chi connectivity index (χ0) is 26.6. The van der Waals surface area contributed by atoms with E-state index in [9.17, 15) is 9.90 Å². The number of carbonyl (C=O) groups is 1. The van der Waals surface area contributed by atoms with Gasteiger partial charge in [-0.25, -0.2) is 0 Å². The Kier molecular flexibility index (Phi) is 10.1. The largest absolute Gasteiger partial charge is 0.460 e. The molecule has 1 aliphatic heterocycles. The van der Waals surface area contributed by atoms with Crippen molar-refractivity contribution in [3.63, 3.8) is 0 Å². The summed E-state index contributed by atoms with van der Waals surface area (Å²) in [6, 6.07) is 9.44. The quantitative estimate of drug-likeness (QED) is 0.358. The monoisotopic (exact) mass is 510 g/mol. The molecule has 7 atom stereocenters. The lowest BCUT2D eigenvalue weighted by atomic mass is 9.78. The fourth-order valence-corrected chi connectivity index (χ4v) is 5.81. The number of hydrogen-bond acceptors (Lipinski definition) is 7. The van der Waals surface area contributed by atoms with Crippen LogP contribution in [0.4, 0.5) is 0 Å². The van der Waals surface area contributed by atoms with Gasteiger partial charge in [-0.05, 0) is 30.6 Å². The second-order valence-corrected chi connectivity index (χ2v) is 16.2. The van der Waals surface area contributed by atoms with E-state index in [4.69, 9.17) is 23.4 Å². The van der Waals surface area contributed by atoms with Gasteiger partial charge in [-0.1, -0.05) is 65.0 Å². The van der Waals surface area contributed by atoms with Gasteiger partial charge in [0.25, 0.3) is 0 Å². The molecule has 0 unspecified atom stereocenters. The summed E-state index contributed by atoms with van der Waals surface area (Å²) in [5, 5.41) is 11.9. The van der Waals surface area contributed by atoms with Crippen LogP contribution in [0.3, 0.4) is 0 Å². The van der Waals surface area contributed by atoms with Gasteiger partial charge in [0.2, 0.25) is 5.79 Å². The van der Waals surface area contributed by atoms with Crippen molar-refractivity contribution >= 4 is 14.3 Å². The van der Waals surface area contributed by atoms with Crippen LogP contribution in [0.5, 0.6) is 0 Å². The lowest BCUT2D eigenvalue weighted by Crippen LogP contribution is -2.69. The van der Waals surface area contributed by atoms with Gasteiger partial charge in [0.1, 0.15) is 18.6 Å². The summed E-state index contributed by atoms with van der Waals surface area (Å²) in [5.74, 6) is -3.65. The highest BCUT2D eigenvalue weighted by Gasteiger charge is 2.60. The first-order valence-corrected chi connectivity index (χ1v) is 15.4. The van der Waals surface area contributed by atoms with Gasteiger partial charge in [-0.3, -0.25) is 4.79 Å². The molecule has 0 radical (unpaired) electrons. The van der Waals surface area contributed by atoms with Crippen LogP contribution in [0.1, 0.15) is 47.1 Å². The highest BCUT2D eigenvalue weighted by molar-refractivity contribution is 6.74. The molecule has 0 amide bonds.